The number of hydrogen-bond donors (Lipinski definition) is 1. The maximum atomic E-state index is 14.5. The summed E-state index contributed by atoms with van der Waals surface area (Å²) in [5, 5.41) is 3.07. The van der Waals surface area contributed by atoms with Crippen LogP contribution in [0.2, 0.25) is 0 Å². The lowest BCUT2D eigenvalue weighted by molar-refractivity contribution is -0.140. The normalized spacial score (nSPS) is 23.5. The predicted molar refractivity (Wildman–Crippen MR) is 194 cm³/mol. The summed E-state index contributed by atoms with van der Waals surface area (Å²) in [6, 6.07) is 24.0. The molecule has 4 fully saturated rings. The van der Waals surface area contributed by atoms with Crippen LogP contribution in [0.4, 0.5) is 5.69 Å². The standard InChI is InChI=1S/C40H51N3O5S/c1-39(2,3)41-38(45)36(22-28-10-7-6-8-11-28)42(26-29-12-9-13-35(21-29)48-4)37(44)27-43(49(5,46)47)34-16-14-33(15-17-34)40-23-30-18-31(24-40)20-32(19-30)25-40/h6-17,21,30-32,36H,18-20,22-27H2,1-5H3,(H,41,45)/t30?,31?,32?,36-,40?/m1/s1. The molecule has 3 aromatic carbocycles. The van der Waals surface area contributed by atoms with E-state index in [0.29, 0.717) is 11.4 Å². The number of nitrogens with one attached hydrogen (secondary N) is 1. The molecule has 0 spiro atoms. The molecule has 1 atom stereocenters. The van der Waals surface area contributed by atoms with Crippen LogP contribution in [0.5, 0.6) is 5.75 Å². The van der Waals surface area contributed by atoms with Crippen molar-refractivity contribution in [2.24, 2.45) is 17.8 Å². The van der Waals surface area contributed by atoms with Crippen LogP contribution in [-0.4, -0.2) is 56.6 Å². The summed E-state index contributed by atoms with van der Waals surface area (Å²) in [5.41, 5.74) is 3.02. The topological polar surface area (TPSA) is 96.0 Å². The van der Waals surface area contributed by atoms with Gasteiger partial charge in [0, 0.05) is 18.5 Å². The zero-order chi connectivity index (χ0) is 35.0. The van der Waals surface area contributed by atoms with E-state index >= 15 is 0 Å². The van der Waals surface area contributed by atoms with Crippen molar-refractivity contribution >= 4 is 27.5 Å². The summed E-state index contributed by atoms with van der Waals surface area (Å²) in [7, 11) is -2.28. The molecule has 0 aromatic heterocycles. The summed E-state index contributed by atoms with van der Waals surface area (Å²) in [6.45, 7) is 5.35. The molecule has 4 bridgehead atoms. The van der Waals surface area contributed by atoms with Gasteiger partial charge in [-0.1, -0.05) is 54.6 Å². The van der Waals surface area contributed by atoms with E-state index in [1.54, 1.807) is 7.11 Å². The Morgan fingerprint density at radius 2 is 1.47 bits per heavy atom. The molecule has 0 unspecified atom stereocenters. The van der Waals surface area contributed by atoms with E-state index in [1.807, 2.05) is 87.5 Å². The van der Waals surface area contributed by atoms with E-state index in [4.69, 9.17) is 4.74 Å². The number of hydrogen-bond acceptors (Lipinski definition) is 5. The largest absolute Gasteiger partial charge is 0.497 e. The Bertz CT molecular complexity index is 1720. The van der Waals surface area contributed by atoms with Gasteiger partial charge in [0.05, 0.1) is 19.1 Å². The van der Waals surface area contributed by atoms with Crippen molar-refractivity contribution in [1.82, 2.24) is 10.2 Å². The van der Waals surface area contributed by atoms with E-state index in [-0.39, 0.29) is 24.3 Å². The lowest BCUT2D eigenvalue weighted by Crippen LogP contribution is -2.56. The van der Waals surface area contributed by atoms with Crippen LogP contribution in [0.1, 0.15) is 76.0 Å². The van der Waals surface area contributed by atoms with E-state index < -0.39 is 34.1 Å². The van der Waals surface area contributed by atoms with Gasteiger partial charge in [-0.25, -0.2) is 8.42 Å². The second kappa shape index (κ2) is 13.8. The number of methoxy groups -OCH3 is 1. The summed E-state index contributed by atoms with van der Waals surface area (Å²) in [5.74, 6) is 2.24. The second-order valence-electron chi connectivity index (χ2n) is 15.8. The van der Waals surface area contributed by atoms with Crippen LogP contribution in [0.15, 0.2) is 78.9 Å². The van der Waals surface area contributed by atoms with Crippen LogP contribution in [0, 0.1) is 17.8 Å². The van der Waals surface area contributed by atoms with Crippen molar-refractivity contribution in [2.75, 3.05) is 24.2 Å². The lowest BCUT2D eigenvalue weighted by atomic mass is 9.48. The van der Waals surface area contributed by atoms with Gasteiger partial charge >= 0.3 is 0 Å². The molecule has 2 amide bonds. The van der Waals surface area contributed by atoms with Gasteiger partial charge in [-0.3, -0.25) is 13.9 Å². The van der Waals surface area contributed by atoms with E-state index in [0.717, 1.165) is 35.1 Å². The average Bonchev–Trinajstić information content (AvgIpc) is 3.04. The zero-order valence-corrected chi connectivity index (χ0v) is 30.3. The minimum Gasteiger partial charge on any atom is -0.497 e. The molecule has 4 saturated carbocycles. The highest BCUT2D eigenvalue weighted by Gasteiger charge is 2.51. The zero-order valence-electron chi connectivity index (χ0n) is 29.5. The summed E-state index contributed by atoms with van der Waals surface area (Å²) in [4.78, 5) is 30.1. The number of carbonyl (C=O) groups excluding carboxylic acids is 2. The van der Waals surface area contributed by atoms with Crippen LogP contribution in [-0.2, 0) is 38.0 Å². The van der Waals surface area contributed by atoms with E-state index in [1.165, 1.54) is 53.3 Å². The van der Waals surface area contributed by atoms with E-state index in [9.17, 15) is 18.0 Å². The Morgan fingerprint density at radius 3 is 2.02 bits per heavy atom. The highest BCUT2D eigenvalue weighted by Crippen LogP contribution is 2.60. The Morgan fingerprint density at radius 1 is 0.878 bits per heavy atom. The SMILES string of the molecule is COc1cccc(CN(C(=O)CN(c2ccc(C34CC5CC(CC(C5)C3)C4)cc2)S(C)(=O)=O)[C@H](Cc2ccccc2)C(=O)NC(C)(C)C)c1. The Kier molecular flexibility index (Phi) is 9.86. The number of nitrogens with zero attached hydrogens (tertiary/aromatic N) is 2. The summed E-state index contributed by atoms with van der Waals surface area (Å²) < 4.78 is 33.4. The molecule has 8 nitrogen and oxygen atoms in total. The van der Waals surface area contributed by atoms with Crippen LogP contribution in [0.25, 0.3) is 0 Å². The fourth-order valence-corrected chi connectivity index (χ4v) is 9.88. The van der Waals surface area contributed by atoms with Gasteiger partial charge in [-0.15, -0.1) is 0 Å². The molecule has 262 valence electrons. The number of rotatable bonds is 12. The number of carbonyl (C=O) groups is 2. The molecule has 0 radical (unpaired) electrons. The number of ether oxygens (including phenoxy) is 1. The van der Waals surface area contributed by atoms with Crippen molar-refractivity contribution in [3.05, 3.63) is 95.6 Å². The lowest BCUT2D eigenvalue weighted by Gasteiger charge is -2.57. The Labute approximate surface area is 292 Å². The third kappa shape index (κ3) is 8.14. The first-order chi connectivity index (χ1) is 23.2. The average molecular weight is 686 g/mol. The third-order valence-electron chi connectivity index (χ3n) is 10.7. The first-order valence-electron chi connectivity index (χ1n) is 17.6. The minimum absolute atomic E-state index is 0.0909. The van der Waals surface area contributed by atoms with Gasteiger partial charge in [0.15, 0.2) is 0 Å². The molecule has 49 heavy (non-hydrogen) atoms. The fourth-order valence-electron chi connectivity index (χ4n) is 9.03. The first-order valence-corrected chi connectivity index (χ1v) is 19.4. The van der Waals surface area contributed by atoms with Crippen LogP contribution < -0.4 is 14.4 Å². The quantitative estimate of drug-likeness (QED) is 0.236. The molecular formula is C40H51N3O5S. The highest BCUT2D eigenvalue weighted by atomic mass is 32.2. The molecule has 1 N–H and O–H groups in total. The van der Waals surface area contributed by atoms with Gasteiger partial charge < -0.3 is 15.0 Å². The van der Waals surface area contributed by atoms with Crippen molar-refractivity contribution in [3.8, 4) is 5.75 Å². The van der Waals surface area contributed by atoms with Gasteiger partial charge in [0.1, 0.15) is 18.3 Å². The first kappa shape index (κ1) is 35.0. The smallest absolute Gasteiger partial charge is 0.244 e. The number of amides is 2. The van der Waals surface area contributed by atoms with Crippen molar-refractivity contribution < 1.29 is 22.7 Å². The molecular weight excluding hydrogens is 635 g/mol. The monoisotopic (exact) mass is 685 g/mol. The van der Waals surface area contributed by atoms with Gasteiger partial charge in [-0.05, 0) is 123 Å². The van der Waals surface area contributed by atoms with Crippen molar-refractivity contribution in [1.29, 1.82) is 0 Å². The summed E-state index contributed by atoms with van der Waals surface area (Å²) >= 11 is 0. The van der Waals surface area contributed by atoms with Gasteiger partial charge in [0.2, 0.25) is 21.8 Å². The molecule has 9 heteroatoms. The molecule has 0 heterocycles. The molecule has 7 rings (SSSR count). The maximum absolute atomic E-state index is 14.5. The van der Waals surface area contributed by atoms with Crippen molar-refractivity contribution in [3.63, 3.8) is 0 Å². The maximum Gasteiger partial charge on any atom is 0.244 e. The molecule has 4 aliphatic rings. The Hall–Kier alpha value is -3.85. The number of sulfonamides is 1. The fraction of sp³-hybridized carbons (Fsp3) is 0.500. The summed E-state index contributed by atoms with van der Waals surface area (Å²) in [6.07, 6.45) is 9.10. The highest BCUT2D eigenvalue weighted by molar-refractivity contribution is 7.92. The predicted octanol–water partition coefficient (Wildman–Crippen LogP) is 6.48. The minimum atomic E-state index is -3.86. The van der Waals surface area contributed by atoms with Crippen LogP contribution in [0.3, 0.4) is 0 Å². The van der Waals surface area contributed by atoms with Crippen molar-refractivity contribution in [2.45, 2.75) is 89.3 Å². The Balaban J connectivity index is 1.32. The number of anilines is 1. The third-order valence-corrected chi connectivity index (χ3v) is 11.9. The van der Waals surface area contributed by atoms with E-state index in [2.05, 4.69) is 17.4 Å². The molecule has 4 aliphatic carbocycles. The van der Waals surface area contributed by atoms with Crippen LogP contribution >= 0.6 is 0 Å². The molecule has 0 saturated heterocycles. The molecule has 3 aromatic rings. The molecule has 0 aliphatic heterocycles. The number of benzene rings is 3. The second-order valence-corrected chi connectivity index (χ2v) is 17.7. The van der Waals surface area contributed by atoms with Gasteiger partial charge in [0.25, 0.3) is 0 Å². The van der Waals surface area contributed by atoms with Gasteiger partial charge in [-0.2, -0.15) is 0 Å².